The van der Waals surface area contributed by atoms with Gasteiger partial charge in [0.2, 0.25) is 0 Å². The van der Waals surface area contributed by atoms with E-state index >= 15 is 0 Å². The Morgan fingerprint density at radius 3 is 2.33 bits per heavy atom. The Balaban J connectivity index is 2.60. The molecule has 0 aromatic heterocycles. The van der Waals surface area contributed by atoms with Crippen LogP contribution in [0, 0.1) is 29.6 Å². The molecule has 1 heterocycles. The lowest BCUT2D eigenvalue weighted by Gasteiger charge is -2.37. The van der Waals surface area contributed by atoms with Gasteiger partial charge in [-0.05, 0) is 32.1 Å². The van der Waals surface area contributed by atoms with E-state index in [2.05, 4.69) is 6.92 Å². The highest BCUT2D eigenvalue weighted by Gasteiger charge is 2.41. The van der Waals surface area contributed by atoms with Crippen molar-refractivity contribution in [2.24, 2.45) is 29.6 Å². The smallest absolute Gasteiger partial charge is 0.312 e. The molecule has 1 saturated heterocycles. The summed E-state index contributed by atoms with van der Waals surface area (Å²) in [5, 5.41) is 10.3. The number of hydrogen-bond donors (Lipinski definition) is 1. The maximum absolute atomic E-state index is 12.5. The fraction of sp³-hybridized carbons (Fsp3) is 0.800. The minimum Gasteiger partial charge on any atom is -0.461 e. The van der Waals surface area contributed by atoms with Gasteiger partial charge in [0.25, 0.3) is 0 Å². The molecule has 0 amide bonds. The van der Waals surface area contributed by atoms with E-state index in [9.17, 15) is 14.7 Å². The molecule has 1 aliphatic rings. The molecule has 4 nitrogen and oxygen atoms in total. The van der Waals surface area contributed by atoms with Crippen LogP contribution in [0.4, 0.5) is 0 Å². The van der Waals surface area contributed by atoms with Gasteiger partial charge in [-0.1, -0.05) is 52.7 Å². The van der Waals surface area contributed by atoms with Crippen molar-refractivity contribution >= 4 is 11.8 Å². The highest BCUT2D eigenvalue weighted by Crippen LogP contribution is 2.32. The van der Waals surface area contributed by atoms with Crippen molar-refractivity contribution < 1.29 is 19.4 Å². The Kier molecular flexibility index (Phi) is 7.65. The minimum absolute atomic E-state index is 0.0157. The van der Waals surface area contributed by atoms with Crippen molar-refractivity contribution in [2.45, 2.75) is 73.5 Å². The Morgan fingerprint density at radius 2 is 1.88 bits per heavy atom. The first kappa shape index (κ1) is 20.9. The lowest BCUT2D eigenvalue weighted by atomic mass is 9.82. The number of allylic oxidation sites excluding steroid dienone is 2. The Hall–Kier alpha value is -1.16. The molecule has 0 saturated carbocycles. The summed E-state index contributed by atoms with van der Waals surface area (Å²) in [5.74, 6) is -0.271. The van der Waals surface area contributed by atoms with Crippen LogP contribution in [0.15, 0.2) is 11.6 Å². The molecule has 1 N–H and O–H groups in total. The van der Waals surface area contributed by atoms with Gasteiger partial charge in [0.05, 0.1) is 12.0 Å². The molecule has 0 aromatic rings. The number of rotatable bonds is 9. The summed E-state index contributed by atoms with van der Waals surface area (Å²) in [6, 6.07) is 0. The number of esters is 1. The topological polar surface area (TPSA) is 63.6 Å². The second-order valence-electron chi connectivity index (χ2n) is 7.74. The zero-order chi connectivity index (χ0) is 18.6. The van der Waals surface area contributed by atoms with Crippen LogP contribution >= 0.6 is 0 Å². The van der Waals surface area contributed by atoms with E-state index in [1.54, 1.807) is 0 Å². The summed E-state index contributed by atoms with van der Waals surface area (Å²) < 4.78 is 5.21. The van der Waals surface area contributed by atoms with Gasteiger partial charge < -0.3 is 9.84 Å². The van der Waals surface area contributed by atoms with E-state index in [4.69, 9.17) is 4.74 Å². The van der Waals surface area contributed by atoms with Crippen molar-refractivity contribution in [3.05, 3.63) is 11.6 Å². The normalized spacial score (nSPS) is 27.5. The highest BCUT2D eigenvalue weighted by atomic mass is 16.6. The summed E-state index contributed by atoms with van der Waals surface area (Å²) in [6.45, 7) is 13.7. The van der Waals surface area contributed by atoms with Crippen LogP contribution in [-0.4, -0.2) is 29.1 Å². The van der Waals surface area contributed by atoms with E-state index in [0.717, 1.165) is 18.4 Å². The summed E-state index contributed by atoms with van der Waals surface area (Å²) in [4.78, 5) is 23.8. The molecule has 4 heteroatoms. The number of cyclic esters (lactones) is 1. The number of Topliss-reactive ketones (excluding diaryl/α,β-unsaturated/α-hetero) is 1. The molecule has 24 heavy (non-hydrogen) atoms. The third-order valence-corrected chi connectivity index (χ3v) is 5.49. The molecule has 1 rings (SSSR count). The third-order valence-electron chi connectivity index (χ3n) is 5.49. The monoisotopic (exact) mass is 338 g/mol. The van der Waals surface area contributed by atoms with Crippen molar-refractivity contribution in [2.75, 3.05) is 0 Å². The second-order valence-corrected chi connectivity index (χ2v) is 7.74. The van der Waals surface area contributed by atoms with Crippen LogP contribution in [0.1, 0.15) is 61.3 Å². The van der Waals surface area contributed by atoms with Gasteiger partial charge >= 0.3 is 5.97 Å². The predicted molar refractivity (Wildman–Crippen MR) is 95.4 cm³/mol. The summed E-state index contributed by atoms with van der Waals surface area (Å²) in [5.41, 5.74) is 1.13. The van der Waals surface area contributed by atoms with Crippen molar-refractivity contribution in [1.82, 2.24) is 0 Å². The molecule has 0 unspecified atom stereocenters. The highest BCUT2D eigenvalue weighted by molar-refractivity contribution is 5.85. The molecular formula is C20H34O4. The fourth-order valence-electron chi connectivity index (χ4n) is 3.53. The standard InChI is InChI=1S/C20H34O4/c1-8-12(3)17(21)15(6)18(22)13(4)9-11(2)10-14(5)19-16(7)20(23)24-19/h9,12-17,19,21H,8,10H2,1-7H3/b11-9+/t12-,13+,14-,15-,16+,17+,19+/m0/s1. The Labute approximate surface area is 146 Å². The molecule has 1 aliphatic heterocycles. The molecular weight excluding hydrogens is 304 g/mol. The van der Waals surface area contributed by atoms with E-state index in [-0.39, 0.29) is 47.4 Å². The summed E-state index contributed by atoms with van der Waals surface area (Å²) in [6.07, 6.45) is 3.05. The van der Waals surface area contributed by atoms with E-state index < -0.39 is 6.10 Å². The molecule has 0 aromatic carbocycles. The Bertz CT molecular complexity index is 482. The lowest BCUT2D eigenvalue weighted by molar-refractivity contribution is -0.188. The van der Waals surface area contributed by atoms with Gasteiger partial charge in [-0.25, -0.2) is 0 Å². The number of hydrogen-bond acceptors (Lipinski definition) is 4. The average Bonchev–Trinajstić information content (AvgIpc) is 2.55. The van der Waals surface area contributed by atoms with Gasteiger partial charge in [0.15, 0.2) is 0 Å². The van der Waals surface area contributed by atoms with Crippen molar-refractivity contribution in [3.8, 4) is 0 Å². The lowest BCUT2D eigenvalue weighted by Crippen LogP contribution is -2.47. The second kappa shape index (κ2) is 8.80. The molecule has 1 fully saturated rings. The number of carbonyl (C=O) groups is 2. The zero-order valence-electron chi connectivity index (χ0n) is 16.2. The van der Waals surface area contributed by atoms with E-state index in [1.807, 2.05) is 47.6 Å². The minimum atomic E-state index is -0.590. The Morgan fingerprint density at radius 1 is 1.29 bits per heavy atom. The maximum atomic E-state index is 12.5. The number of carbonyl (C=O) groups excluding carboxylic acids is 2. The van der Waals surface area contributed by atoms with Gasteiger partial charge in [-0.3, -0.25) is 9.59 Å². The van der Waals surface area contributed by atoms with Crippen LogP contribution in [0.3, 0.4) is 0 Å². The van der Waals surface area contributed by atoms with Crippen LogP contribution in [0.25, 0.3) is 0 Å². The molecule has 0 spiro atoms. The van der Waals surface area contributed by atoms with E-state index in [1.165, 1.54) is 0 Å². The predicted octanol–water partition coefficient (Wildman–Crippen LogP) is 3.77. The molecule has 0 bridgehead atoms. The molecule has 138 valence electrons. The first-order valence-corrected chi connectivity index (χ1v) is 9.19. The van der Waals surface area contributed by atoms with Gasteiger partial charge in [0, 0.05) is 11.8 Å². The largest absolute Gasteiger partial charge is 0.461 e. The summed E-state index contributed by atoms with van der Waals surface area (Å²) in [7, 11) is 0. The van der Waals surface area contributed by atoms with Crippen LogP contribution in [0.5, 0.6) is 0 Å². The van der Waals surface area contributed by atoms with Gasteiger partial charge in [0.1, 0.15) is 11.9 Å². The van der Waals surface area contributed by atoms with Crippen LogP contribution in [-0.2, 0) is 14.3 Å². The number of ether oxygens (including phenoxy) is 1. The molecule has 0 aliphatic carbocycles. The number of aliphatic hydroxyl groups excluding tert-OH is 1. The third kappa shape index (κ3) is 4.92. The van der Waals surface area contributed by atoms with E-state index in [0.29, 0.717) is 0 Å². The number of ketones is 1. The average molecular weight is 338 g/mol. The quantitative estimate of drug-likeness (QED) is 0.513. The van der Waals surface area contributed by atoms with Crippen molar-refractivity contribution in [3.63, 3.8) is 0 Å². The van der Waals surface area contributed by atoms with Crippen LogP contribution in [0.2, 0.25) is 0 Å². The zero-order valence-corrected chi connectivity index (χ0v) is 16.2. The van der Waals surface area contributed by atoms with Gasteiger partial charge in [-0.15, -0.1) is 0 Å². The maximum Gasteiger partial charge on any atom is 0.312 e. The molecule has 7 atom stereocenters. The SMILES string of the molecule is CC[C@H](C)[C@@H](O)[C@H](C)C(=O)[C@H](C)/C=C(\C)C[C@H](C)[C@H]1OC(=O)[C@@H]1C. The summed E-state index contributed by atoms with van der Waals surface area (Å²) >= 11 is 0. The fourth-order valence-corrected chi connectivity index (χ4v) is 3.53. The van der Waals surface area contributed by atoms with Crippen LogP contribution < -0.4 is 0 Å². The van der Waals surface area contributed by atoms with Crippen molar-refractivity contribution in [1.29, 1.82) is 0 Å². The molecule has 0 radical (unpaired) electrons. The van der Waals surface area contributed by atoms with Gasteiger partial charge in [-0.2, -0.15) is 0 Å². The number of aliphatic hydroxyl groups is 1. The first-order valence-electron chi connectivity index (χ1n) is 9.19. The first-order chi connectivity index (χ1) is 11.1.